The minimum atomic E-state index is -0.0613. The lowest BCUT2D eigenvalue weighted by atomic mass is 9.85. The molecular weight excluding hydrogens is 685 g/mol. The van der Waals surface area contributed by atoms with E-state index >= 15 is 0 Å². The summed E-state index contributed by atoms with van der Waals surface area (Å²) in [5, 5.41) is 13.7. The number of anilines is 2. The van der Waals surface area contributed by atoms with Gasteiger partial charge in [-0.15, -0.1) is 0 Å². The highest BCUT2D eigenvalue weighted by Crippen LogP contribution is 2.51. The van der Waals surface area contributed by atoms with Crippen LogP contribution in [0.15, 0.2) is 199 Å². The van der Waals surface area contributed by atoms with Crippen molar-refractivity contribution in [1.82, 2.24) is 16.0 Å². The molecule has 1 fully saturated rings. The molecule has 0 amide bonds. The lowest BCUT2D eigenvalue weighted by molar-refractivity contribution is 0.203. The van der Waals surface area contributed by atoms with Crippen LogP contribution in [0, 0.1) is 0 Å². The number of allylic oxidation sites excluding steroid dienone is 2. The summed E-state index contributed by atoms with van der Waals surface area (Å²) in [5.74, 6) is 0.172. The van der Waals surface area contributed by atoms with Crippen LogP contribution in [0.3, 0.4) is 0 Å². The molecule has 1 aromatic heterocycles. The zero-order chi connectivity index (χ0) is 37.0. The number of hydrogen-bond donors (Lipinski definition) is 3. The third-order valence-corrected chi connectivity index (χ3v) is 11.7. The first-order chi connectivity index (χ1) is 27.7. The Bertz CT molecular complexity index is 2710. The van der Waals surface area contributed by atoms with Gasteiger partial charge in [-0.05, 0) is 69.3 Å². The molecule has 0 radical (unpaired) electrons. The van der Waals surface area contributed by atoms with Crippen molar-refractivity contribution in [2.24, 2.45) is 0 Å². The number of hydrogen-bond acceptors (Lipinski definition) is 5. The van der Waals surface area contributed by atoms with Crippen LogP contribution >= 0.6 is 0 Å². The normalized spacial score (nSPS) is 21.5. The Morgan fingerprint density at radius 1 is 0.500 bits per heavy atom. The average Bonchev–Trinajstić information content (AvgIpc) is 3.82. The van der Waals surface area contributed by atoms with Gasteiger partial charge in [-0.3, -0.25) is 16.0 Å². The molecule has 4 unspecified atom stereocenters. The van der Waals surface area contributed by atoms with Crippen LogP contribution in [0.25, 0.3) is 38.6 Å². The lowest BCUT2D eigenvalue weighted by Gasteiger charge is -2.39. The fourth-order valence-corrected chi connectivity index (χ4v) is 9.01. The summed E-state index contributed by atoms with van der Waals surface area (Å²) in [5.41, 5.74) is 13.9. The van der Waals surface area contributed by atoms with Gasteiger partial charge in [0.15, 0.2) is 0 Å². The van der Waals surface area contributed by atoms with Crippen LogP contribution in [0.2, 0.25) is 0 Å². The van der Waals surface area contributed by atoms with Crippen LogP contribution in [-0.4, -0.2) is 6.04 Å². The smallest absolute Gasteiger partial charge is 0.143 e. The monoisotopic (exact) mass is 724 g/mol. The van der Waals surface area contributed by atoms with Crippen LogP contribution in [0.5, 0.6) is 0 Å². The summed E-state index contributed by atoms with van der Waals surface area (Å²) >= 11 is 0. The first-order valence-corrected chi connectivity index (χ1v) is 19.5. The van der Waals surface area contributed by atoms with E-state index in [1.807, 2.05) is 6.07 Å². The quantitative estimate of drug-likeness (QED) is 0.159. The molecule has 2 aliphatic heterocycles. The van der Waals surface area contributed by atoms with Crippen molar-refractivity contribution in [2.75, 3.05) is 4.90 Å². The Morgan fingerprint density at radius 3 is 1.80 bits per heavy atom. The van der Waals surface area contributed by atoms with Gasteiger partial charge in [-0.1, -0.05) is 164 Å². The van der Waals surface area contributed by atoms with Crippen molar-refractivity contribution in [2.45, 2.75) is 30.5 Å². The van der Waals surface area contributed by atoms with Gasteiger partial charge in [0.25, 0.3) is 0 Å². The molecule has 0 spiro atoms. The molecule has 5 nitrogen and oxygen atoms in total. The van der Waals surface area contributed by atoms with E-state index in [1.165, 1.54) is 44.8 Å². The van der Waals surface area contributed by atoms with Crippen molar-refractivity contribution >= 4 is 38.9 Å². The highest BCUT2D eigenvalue weighted by atomic mass is 16.3. The first kappa shape index (κ1) is 32.9. The van der Waals surface area contributed by atoms with Crippen molar-refractivity contribution in [3.05, 3.63) is 222 Å². The van der Waals surface area contributed by atoms with E-state index in [4.69, 9.17) is 4.42 Å². The van der Waals surface area contributed by atoms with Crippen LogP contribution in [0.4, 0.5) is 11.4 Å². The number of furan rings is 1. The van der Waals surface area contributed by atoms with Crippen LogP contribution in [-0.2, 0) is 0 Å². The number of rotatable bonds is 6. The highest BCUT2D eigenvalue weighted by molar-refractivity contribution is 6.09. The summed E-state index contributed by atoms with van der Waals surface area (Å²) in [6.45, 7) is 0. The fourth-order valence-electron chi connectivity index (χ4n) is 9.01. The minimum absolute atomic E-state index is 0.0175. The van der Waals surface area contributed by atoms with Gasteiger partial charge in [0, 0.05) is 33.6 Å². The Morgan fingerprint density at radius 2 is 1.11 bits per heavy atom. The van der Waals surface area contributed by atoms with E-state index in [0.717, 1.165) is 33.1 Å². The lowest BCUT2D eigenvalue weighted by Crippen LogP contribution is -2.54. The number of nitrogens with zero attached hydrogens (tertiary/aromatic N) is 1. The van der Waals surface area contributed by atoms with Crippen molar-refractivity contribution in [3.63, 3.8) is 0 Å². The summed E-state index contributed by atoms with van der Waals surface area (Å²) in [6, 6.07) is 63.0. The van der Waals surface area contributed by atoms with Crippen LogP contribution < -0.4 is 20.9 Å². The summed E-state index contributed by atoms with van der Waals surface area (Å²) in [6.07, 6.45) is 7.07. The molecule has 0 bridgehead atoms. The Hall–Kier alpha value is -6.50. The Labute approximate surface area is 326 Å². The van der Waals surface area contributed by atoms with Gasteiger partial charge < -0.3 is 9.32 Å². The Balaban J connectivity index is 0.970. The predicted molar refractivity (Wildman–Crippen MR) is 228 cm³/mol. The standard InChI is InChI=1S/C51H40N4O/c1-4-13-33(14-5-1)37-25-29-45-43(31-37)44-32-38(40-20-12-21-42-41-19-10-11-22-47(41)56-48(40)42)26-30-46(44)55(45)39-27-23-36(24-28-39)51-53-49(34-15-6-2-7-16-34)52-50(54-51)35-17-8-3-9-18-35/h1-32,43,45,49-54H. The number of fused-ring (bicyclic) bond motifs is 6. The second-order valence-electron chi connectivity index (χ2n) is 15.0. The van der Waals surface area contributed by atoms with Gasteiger partial charge >= 0.3 is 0 Å². The molecule has 3 aliphatic rings. The average molecular weight is 725 g/mol. The van der Waals surface area contributed by atoms with Gasteiger partial charge in [-0.2, -0.15) is 0 Å². The predicted octanol–water partition coefficient (Wildman–Crippen LogP) is 11.7. The summed E-state index contributed by atoms with van der Waals surface area (Å²) < 4.78 is 6.51. The van der Waals surface area contributed by atoms with E-state index in [-0.39, 0.29) is 30.5 Å². The third-order valence-electron chi connectivity index (χ3n) is 11.7. The molecule has 270 valence electrons. The van der Waals surface area contributed by atoms with Crippen LogP contribution in [0.1, 0.15) is 52.2 Å². The maximum atomic E-state index is 6.51. The zero-order valence-electron chi connectivity index (χ0n) is 30.7. The molecule has 7 aromatic carbocycles. The van der Waals surface area contributed by atoms with Crippen molar-refractivity contribution in [3.8, 4) is 11.1 Å². The van der Waals surface area contributed by atoms with Gasteiger partial charge in [0.1, 0.15) is 11.2 Å². The van der Waals surface area contributed by atoms with Gasteiger partial charge in [0.05, 0.1) is 24.5 Å². The molecule has 1 saturated heterocycles. The second kappa shape index (κ2) is 13.7. The van der Waals surface area contributed by atoms with Crippen molar-refractivity contribution < 1.29 is 4.42 Å². The van der Waals surface area contributed by atoms with E-state index in [9.17, 15) is 0 Å². The zero-order valence-corrected chi connectivity index (χ0v) is 30.7. The first-order valence-electron chi connectivity index (χ1n) is 19.5. The molecule has 1 aliphatic carbocycles. The minimum Gasteiger partial charge on any atom is -0.455 e. The number of benzene rings is 7. The van der Waals surface area contributed by atoms with Gasteiger partial charge in [0.2, 0.25) is 0 Å². The van der Waals surface area contributed by atoms with Gasteiger partial charge in [-0.25, -0.2) is 0 Å². The SMILES string of the molecule is C1=CC2C(C=C1c1ccccc1)c1cc(-c3cccc4c3oc3ccccc34)ccc1N2c1ccc(C2NC(c3ccccc3)NC(c3ccccc3)N2)cc1. The summed E-state index contributed by atoms with van der Waals surface area (Å²) in [4.78, 5) is 2.52. The Kier molecular flexibility index (Phi) is 8.02. The fraction of sp³-hybridized carbons (Fsp3) is 0.0980. The topological polar surface area (TPSA) is 52.5 Å². The molecule has 3 N–H and O–H groups in total. The molecule has 0 saturated carbocycles. The van der Waals surface area contributed by atoms with E-state index in [0.29, 0.717) is 0 Å². The largest absolute Gasteiger partial charge is 0.455 e. The van der Waals surface area contributed by atoms with E-state index in [2.05, 4.69) is 209 Å². The molecule has 4 atom stereocenters. The molecule has 3 heterocycles. The summed E-state index contributed by atoms with van der Waals surface area (Å²) in [7, 11) is 0. The molecule has 5 heteroatoms. The van der Waals surface area contributed by atoms with E-state index < -0.39 is 0 Å². The van der Waals surface area contributed by atoms with Crippen molar-refractivity contribution in [1.29, 1.82) is 0 Å². The third kappa shape index (κ3) is 5.68. The second-order valence-corrected chi connectivity index (χ2v) is 15.0. The molecule has 11 rings (SSSR count). The molecule has 8 aromatic rings. The maximum absolute atomic E-state index is 6.51. The molecular formula is C51H40N4O. The molecule has 56 heavy (non-hydrogen) atoms. The number of nitrogens with one attached hydrogen (secondary N) is 3. The number of para-hydroxylation sites is 2. The van der Waals surface area contributed by atoms with E-state index in [1.54, 1.807) is 0 Å². The maximum Gasteiger partial charge on any atom is 0.143 e. The highest BCUT2D eigenvalue weighted by Gasteiger charge is 2.39.